The van der Waals surface area contributed by atoms with E-state index in [0.29, 0.717) is 10.7 Å². The Kier molecular flexibility index (Phi) is 3.94. The van der Waals surface area contributed by atoms with Crippen molar-refractivity contribution in [2.24, 2.45) is 0 Å². The molecule has 0 aliphatic heterocycles. The van der Waals surface area contributed by atoms with E-state index in [4.69, 9.17) is 0 Å². The minimum Gasteiger partial charge on any atom is -0.298 e. The molecule has 21 heavy (non-hydrogen) atoms. The van der Waals surface area contributed by atoms with Crippen molar-refractivity contribution in [2.75, 3.05) is 11.6 Å². The van der Waals surface area contributed by atoms with Crippen molar-refractivity contribution in [2.45, 2.75) is 11.8 Å². The first-order valence-electron chi connectivity index (χ1n) is 6.49. The molecule has 0 spiro atoms. The van der Waals surface area contributed by atoms with Gasteiger partial charge in [0.25, 0.3) is 5.91 Å². The second kappa shape index (κ2) is 5.87. The van der Waals surface area contributed by atoms with Gasteiger partial charge in [-0.3, -0.25) is 10.1 Å². The van der Waals surface area contributed by atoms with Gasteiger partial charge in [-0.25, -0.2) is 4.98 Å². The molecule has 0 bridgehead atoms. The molecule has 2 aromatic carbocycles. The highest BCUT2D eigenvalue weighted by Gasteiger charge is 2.11. The third kappa shape index (κ3) is 2.94. The van der Waals surface area contributed by atoms with Crippen LogP contribution in [0.4, 0.5) is 5.13 Å². The van der Waals surface area contributed by atoms with Gasteiger partial charge in [0.2, 0.25) is 0 Å². The normalized spacial score (nSPS) is 10.8. The number of fused-ring (bicyclic) bond motifs is 1. The van der Waals surface area contributed by atoms with Crippen molar-refractivity contribution in [3.63, 3.8) is 0 Å². The molecule has 0 fully saturated rings. The number of carbonyl (C=O) groups excluding carboxylic acids is 1. The van der Waals surface area contributed by atoms with E-state index in [2.05, 4.69) is 10.3 Å². The lowest BCUT2D eigenvalue weighted by Crippen LogP contribution is -2.11. The van der Waals surface area contributed by atoms with Crippen molar-refractivity contribution in [1.29, 1.82) is 0 Å². The lowest BCUT2D eigenvalue weighted by atomic mass is 10.2. The molecule has 0 radical (unpaired) electrons. The van der Waals surface area contributed by atoms with Gasteiger partial charge in [-0.1, -0.05) is 29.5 Å². The molecule has 0 unspecified atom stereocenters. The average Bonchev–Trinajstić information content (AvgIpc) is 2.91. The summed E-state index contributed by atoms with van der Waals surface area (Å²) in [6, 6.07) is 13.6. The molecule has 106 valence electrons. The first-order chi connectivity index (χ1) is 10.2. The third-order valence-corrected chi connectivity index (χ3v) is 4.83. The van der Waals surface area contributed by atoms with E-state index in [-0.39, 0.29) is 5.91 Å². The Labute approximate surface area is 131 Å². The predicted molar refractivity (Wildman–Crippen MR) is 90.5 cm³/mol. The van der Waals surface area contributed by atoms with Gasteiger partial charge in [-0.2, -0.15) is 0 Å². The molecular weight excluding hydrogens is 300 g/mol. The number of para-hydroxylation sites is 1. The van der Waals surface area contributed by atoms with Crippen LogP contribution in [0.5, 0.6) is 0 Å². The lowest BCUT2D eigenvalue weighted by Gasteiger charge is -2.03. The number of amides is 1. The van der Waals surface area contributed by atoms with Gasteiger partial charge < -0.3 is 0 Å². The Morgan fingerprint density at radius 2 is 2.05 bits per heavy atom. The number of hydrogen-bond donors (Lipinski definition) is 1. The van der Waals surface area contributed by atoms with Gasteiger partial charge in [-0.05, 0) is 43.0 Å². The Morgan fingerprint density at radius 3 is 2.81 bits per heavy atom. The summed E-state index contributed by atoms with van der Waals surface area (Å²) in [5.41, 5.74) is 2.72. The number of benzene rings is 2. The Morgan fingerprint density at radius 1 is 1.24 bits per heavy atom. The summed E-state index contributed by atoms with van der Waals surface area (Å²) in [7, 11) is 0. The molecular formula is C16H14N2OS2. The van der Waals surface area contributed by atoms with Crippen molar-refractivity contribution >= 4 is 44.4 Å². The fourth-order valence-corrected chi connectivity index (χ4v) is 3.47. The molecule has 0 aliphatic rings. The van der Waals surface area contributed by atoms with Crippen LogP contribution in [0, 0.1) is 6.92 Å². The van der Waals surface area contributed by atoms with E-state index >= 15 is 0 Å². The number of nitrogens with zero attached hydrogens (tertiary/aromatic N) is 1. The van der Waals surface area contributed by atoms with Crippen LogP contribution in [-0.4, -0.2) is 17.1 Å². The zero-order chi connectivity index (χ0) is 14.8. The number of thiazole rings is 1. The molecule has 0 saturated heterocycles. The highest BCUT2D eigenvalue weighted by Crippen LogP contribution is 2.28. The average molecular weight is 314 g/mol. The van der Waals surface area contributed by atoms with Crippen LogP contribution in [0.25, 0.3) is 10.2 Å². The summed E-state index contributed by atoms with van der Waals surface area (Å²) >= 11 is 3.12. The fourth-order valence-electron chi connectivity index (χ4n) is 2.07. The summed E-state index contributed by atoms with van der Waals surface area (Å²) < 4.78 is 1.09. The van der Waals surface area contributed by atoms with E-state index in [0.717, 1.165) is 20.7 Å². The number of aryl methyl sites for hydroxylation is 1. The zero-order valence-corrected chi connectivity index (χ0v) is 13.3. The summed E-state index contributed by atoms with van der Waals surface area (Å²) in [6.45, 7) is 2.02. The Bertz CT molecular complexity index is 811. The Hall–Kier alpha value is -1.85. The van der Waals surface area contributed by atoms with E-state index in [1.165, 1.54) is 11.3 Å². The van der Waals surface area contributed by atoms with E-state index in [1.54, 1.807) is 11.8 Å². The Balaban J connectivity index is 1.87. The lowest BCUT2D eigenvalue weighted by molar-refractivity contribution is 0.102. The molecule has 0 aliphatic carbocycles. The van der Waals surface area contributed by atoms with Gasteiger partial charge >= 0.3 is 0 Å². The highest BCUT2D eigenvalue weighted by atomic mass is 32.2. The van der Waals surface area contributed by atoms with E-state index in [9.17, 15) is 4.79 Å². The molecule has 1 N–H and O–H groups in total. The number of nitrogens with one attached hydrogen (secondary N) is 1. The van der Waals surface area contributed by atoms with Crippen molar-refractivity contribution in [3.8, 4) is 0 Å². The number of anilines is 1. The standard InChI is InChI=1S/C16H14N2OS2/c1-10-5-3-8-13-14(10)17-16(21-13)18-15(19)11-6-4-7-12(9-11)20-2/h3-9H,1-2H3,(H,17,18,19). The number of thioether (sulfide) groups is 1. The molecule has 3 aromatic rings. The molecule has 3 rings (SSSR count). The van der Waals surface area contributed by atoms with Gasteiger partial charge in [0.1, 0.15) is 0 Å². The monoisotopic (exact) mass is 314 g/mol. The summed E-state index contributed by atoms with van der Waals surface area (Å²) in [5.74, 6) is -0.123. The molecule has 1 aromatic heterocycles. The van der Waals surface area contributed by atoms with Crippen molar-refractivity contribution in [3.05, 3.63) is 53.6 Å². The first-order valence-corrected chi connectivity index (χ1v) is 8.53. The minimum absolute atomic E-state index is 0.123. The number of hydrogen-bond acceptors (Lipinski definition) is 4. The number of aromatic nitrogens is 1. The summed E-state index contributed by atoms with van der Waals surface area (Å²) in [5, 5.41) is 3.52. The van der Waals surface area contributed by atoms with Crippen LogP contribution in [0.2, 0.25) is 0 Å². The van der Waals surface area contributed by atoms with Crippen LogP contribution in [0.1, 0.15) is 15.9 Å². The molecule has 3 nitrogen and oxygen atoms in total. The second-order valence-electron chi connectivity index (χ2n) is 4.63. The van der Waals surface area contributed by atoms with E-state index < -0.39 is 0 Å². The maximum atomic E-state index is 12.3. The van der Waals surface area contributed by atoms with Gasteiger partial charge in [-0.15, -0.1) is 11.8 Å². The molecule has 1 amide bonds. The quantitative estimate of drug-likeness (QED) is 0.720. The summed E-state index contributed by atoms with van der Waals surface area (Å²) in [4.78, 5) is 17.9. The zero-order valence-electron chi connectivity index (χ0n) is 11.7. The van der Waals surface area contributed by atoms with Crippen LogP contribution in [-0.2, 0) is 0 Å². The van der Waals surface area contributed by atoms with Crippen LogP contribution < -0.4 is 5.32 Å². The smallest absolute Gasteiger partial charge is 0.257 e. The molecule has 0 atom stereocenters. The number of rotatable bonds is 3. The van der Waals surface area contributed by atoms with Crippen LogP contribution >= 0.6 is 23.1 Å². The van der Waals surface area contributed by atoms with Gasteiger partial charge in [0.05, 0.1) is 10.2 Å². The summed E-state index contributed by atoms with van der Waals surface area (Å²) in [6.07, 6.45) is 1.99. The molecule has 1 heterocycles. The van der Waals surface area contributed by atoms with Crippen LogP contribution in [0.15, 0.2) is 47.4 Å². The molecule has 0 saturated carbocycles. The third-order valence-electron chi connectivity index (χ3n) is 3.17. The topological polar surface area (TPSA) is 42.0 Å². The van der Waals surface area contributed by atoms with Crippen molar-refractivity contribution < 1.29 is 4.79 Å². The van der Waals surface area contributed by atoms with Crippen molar-refractivity contribution in [1.82, 2.24) is 4.98 Å². The first kappa shape index (κ1) is 14.1. The van der Waals surface area contributed by atoms with Gasteiger partial charge in [0, 0.05) is 10.5 Å². The highest BCUT2D eigenvalue weighted by molar-refractivity contribution is 7.98. The SMILES string of the molecule is CSc1cccc(C(=O)Nc2nc3c(C)cccc3s2)c1. The predicted octanol–water partition coefficient (Wildman–Crippen LogP) is 4.58. The van der Waals surface area contributed by atoms with E-state index in [1.807, 2.05) is 55.6 Å². The van der Waals surface area contributed by atoms with Gasteiger partial charge in [0.15, 0.2) is 5.13 Å². The largest absolute Gasteiger partial charge is 0.298 e. The number of carbonyl (C=O) groups is 1. The maximum Gasteiger partial charge on any atom is 0.257 e. The fraction of sp³-hybridized carbons (Fsp3) is 0.125. The molecule has 5 heteroatoms. The maximum absolute atomic E-state index is 12.3. The van der Waals surface area contributed by atoms with Crippen LogP contribution in [0.3, 0.4) is 0 Å². The second-order valence-corrected chi connectivity index (χ2v) is 6.54. The minimum atomic E-state index is -0.123.